The molecule has 2 aliphatic rings. The fourth-order valence-corrected chi connectivity index (χ4v) is 5.45. The number of anilines is 1. The van der Waals surface area contributed by atoms with Gasteiger partial charge in [0.25, 0.3) is 5.91 Å². The number of rotatable bonds is 5. The molecule has 1 N–H and O–H groups in total. The third kappa shape index (κ3) is 4.57. The molecule has 2 fully saturated rings. The molecule has 1 heterocycles. The summed E-state index contributed by atoms with van der Waals surface area (Å²) in [5.74, 6) is -0.122. The second-order valence-corrected chi connectivity index (χ2v) is 10.2. The third-order valence-corrected chi connectivity index (χ3v) is 7.39. The second kappa shape index (κ2) is 8.82. The van der Waals surface area contributed by atoms with E-state index in [0.717, 1.165) is 30.4 Å². The van der Waals surface area contributed by atoms with Crippen LogP contribution in [-0.4, -0.2) is 73.8 Å². The highest BCUT2D eigenvalue weighted by atomic mass is 32.2. The molecule has 2 aromatic carbocycles. The Labute approximate surface area is 188 Å². The lowest BCUT2D eigenvalue weighted by atomic mass is 9.92. The van der Waals surface area contributed by atoms with Gasteiger partial charge in [0, 0.05) is 37.8 Å². The van der Waals surface area contributed by atoms with Crippen LogP contribution in [0, 0.1) is 0 Å². The number of hydrogen-bond donors (Lipinski definition) is 1. The molecular weight excluding hydrogens is 430 g/mol. The Morgan fingerprint density at radius 2 is 1.56 bits per heavy atom. The van der Waals surface area contributed by atoms with E-state index in [1.165, 1.54) is 15.5 Å². The number of carbonyl (C=O) groups is 2. The van der Waals surface area contributed by atoms with Crippen molar-refractivity contribution in [1.29, 1.82) is 0 Å². The minimum absolute atomic E-state index is 0.0156. The molecule has 1 aliphatic heterocycles. The Morgan fingerprint density at radius 1 is 0.938 bits per heavy atom. The third-order valence-electron chi connectivity index (χ3n) is 6.17. The molecule has 32 heavy (non-hydrogen) atoms. The van der Waals surface area contributed by atoms with Crippen molar-refractivity contribution in [3.05, 3.63) is 54.1 Å². The quantitative estimate of drug-likeness (QED) is 0.744. The summed E-state index contributed by atoms with van der Waals surface area (Å²) in [4.78, 5) is 26.8. The average Bonchev–Trinajstić information content (AvgIpc) is 2.75. The molecule has 9 heteroatoms. The minimum atomic E-state index is -3.37. The molecule has 0 unspecified atom stereocenters. The lowest BCUT2D eigenvalue weighted by Gasteiger charge is -2.37. The zero-order chi connectivity index (χ0) is 22.9. The first kappa shape index (κ1) is 22.1. The first-order valence-corrected chi connectivity index (χ1v) is 12.6. The van der Waals surface area contributed by atoms with Crippen molar-refractivity contribution in [2.75, 3.05) is 36.7 Å². The van der Waals surface area contributed by atoms with Gasteiger partial charge in [-0.3, -0.25) is 9.10 Å². The maximum absolute atomic E-state index is 12.8. The Kier molecular flexibility index (Phi) is 6.10. The van der Waals surface area contributed by atoms with Crippen LogP contribution in [0.1, 0.15) is 29.6 Å². The van der Waals surface area contributed by atoms with Gasteiger partial charge in [0.15, 0.2) is 0 Å². The van der Waals surface area contributed by atoms with Gasteiger partial charge in [-0.2, -0.15) is 0 Å². The number of sulfonamides is 1. The van der Waals surface area contributed by atoms with Crippen molar-refractivity contribution in [2.24, 2.45) is 0 Å². The van der Waals surface area contributed by atoms with Gasteiger partial charge in [0.05, 0.1) is 11.9 Å². The summed E-state index contributed by atoms with van der Waals surface area (Å²) in [7, 11) is -3.37. The summed E-state index contributed by atoms with van der Waals surface area (Å²) in [6.07, 6.45) is 3.06. The maximum Gasteiger partial charge on any atom is 0.407 e. The molecule has 2 amide bonds. The molecule has 0 radical (unpaired) electrons. The Hall–Kier alpha value is -3.07. The number of benzene rings is 2. The van der Waals surface area contributed by atoms with Gasteiger partial charge in [-0.05, 0) is 54.7 Å². The first-order valence-electron chi connectivity index (χ1n) is 10.7. The van der Waals surface area contributed by atoms with E-state index in [0.29, 0.717) is 37.4 Å². The Bertz CT molecular complexity index is 1100. The Balaban J connectivity index is 1.50. The fourth-order valence-electron chi connectivity index (χ4n) is 4.21. The van der Waals surface area contributed by atoms with Crippen LogP contribution in [0.5, 0.6) is 0 Å². The van der Waals surface area contributed by atoms with Crippen LogP contribution in [0.15, 0.2) is 48.5 Å². The van der Waals surface area contributed by atoms with Crippen LogP contribution in [0.3, 0.4) is 0 Å². The number of hydrogen-bond acceptors (Lipinski definition) is 4. The molecule has 1 saturated heterocycles. The molecular formula is C23H27N3O5S. The van der Waals surface area contributed by atoms with Gasteiger partial charge in [0.2, 0.25) is 10.0 Å². The molecule has 1 aliphatic carbocycles. The Morgan fingerprint density at radius 3 is 2.09 bits per heavy atom. The highest BCUT2D eigenvalue weighted by molar-refractivity contribution is 7.92. The van der Waals surface area contributed by atoms with Crippen molar-refractivity contribution in [2.45, 2.75) is 25.3 Å². The van der Waals surface area contributed by atoms with Crippen LogP contribution in [0.2, 0.25) is 0 Å². The van der Waals surface area contributed by atoms with Crippen molar-refractivity contribution in [1.82, 2.24) is 9.80 Å². The van der Waals surface area contributed by atoms with E-state index in [9.17, 15) is 18.0 Å². The number of nitrogens with zero attached hydrogens (tertiary/aromatic N) is 3. The van der Waals surface area contributed by atoms with Crippen molar-refractivity contribution in [3.63, 3.8) is 0 Å². The van der Waals surface area contributed by atoms with E-state index in [4.69, 9.17) is 5.11 Å². The molecule has 4 rings (SSSR count). The number of carbonyl (C=O) groups excluding carboxylic acids is 1. The lowest BCUT2D eigenvalue weighted by Crippen LogP contribution is -2.50. The van der Waals surface area contributed by atoms with Crippen molar-refractivity contribution < 1.29 is 23.1 Å². The van der Waals surface area contributed by atoms with Crippen molar-refractivity contribution in [3.8, 4) is 11.1 Å². The zero-order valence-corrected chi connectivity index (χ0v) is 18.8. The van der Waals surface area contributed by atoms with E-state index >= 15 is 0 Å². The SMILES string of the molecule is CS(=O)(=O)N(c1cccc(-c2ccc(C(=O)N3CCN(C(=O)O)CC3)cc2)c1)C1CCC1. The van der Waals surface area contributed by atoms with Gasteiger partial charge < -0.3 is 14.9 Å². The smallest absolute Gasteiger partial charge is 0.407 e. The normalized spacial score (nSPS) is 17.0. The highest BCUT2D eigenvalue weighted by Crippen LogP contribution is 2.34. The van der Waals surface area contributed by atoms with Crippen LogP contribution in [0.25, 0.3) is 11.1 Å². The molecule has 0 atom stereocenters. The monoisotopic (exact) mass is 457 g/mol. The summed E-state index contributed by atoms with van der Waals surface area (Å²) in [5, 5.41) is 9.05. The fraction of sp³-hybridized carbons (Fsp3) is 0.391. The van der Waals surface area contributed by atoms with Gasteiger partial charge in [-0.15, -0.1) is 0 Å². The summed E-state index contributed by atoms with van der Waals surface area (Å²) in [5.41, 5.74) is 2.97. The molecule has 2 aromatic rings. The predicted molar refractivity (Wildman–Crippen MR) is 122 cm³/mol. The molecule has 8 nitrogen and oxygen atoms in total. The molecule has 0 bridgehead atoms. The topological polar surface area (TPSA) is 98.2 Å². The lowest BCUT2D eigenvalue weighted by molar-refractivity contribution is 0.0625. The number of carboxylic acid groups (broad SMARTS) is 1. The van der Waals surface area contributed by atoms with Crippen LogP contribution < -0.4 is 4.31 Å². The van der Waals surface area contributed by atoms with Crippen molar-refractivity contribution >= 4 is 27.7 Å². The van der Waals surface area contributed by atoms with E-state index in [1.54, 1.807) is 17.0 Å². The van der Waals surface area contributed by atoms with E-state index in [-0.39, 0.29) is 11.9 Å². The van der Waals surface area contributed by atoms with Crippen LogP contribution >= 0.6 is 0 Å². The highest BCUT2D eigenvalue weighted by Gasteiger charge is 2.31. The van der Waals surface area contributed by atoms with E-state index in [1.807, 2.05) is 36.4 Å². The number of amides is 2. The van der Waals surface area contributed by atoms with Gasteiger partial charge >= 0.3 is 6.09 Å². The second-order valence-electron chi connectivity index (χ2n) is 8.33. The molecule has 1 saturated carbocycles. The summed E-state index contributed by atoms with van der Waals surface area (Å²) in [6, 6.07) is 14.7. The van der Waals surface area contributed by atoms with Crippen LogP contribution in [-0.2, 0) is 10.0 Å². The standard InChI is InChI=1S/C23H27N3O5S/c1-32(30,31)26(20-5-3-6-20)21-7-2-4-19(16-21)17-8-10-18(11-9-17)22(27)24-12-14-25(15-13-24)23(28)29/h2,4,7-11,16,20H,3,5-6,12-15H2,1H3,(H,28,29). The zero-order valence-electron chi connectivity index (χ0n) is 18.0. The van der Waals surface area contributed by atoms with Gasteiger partial charge in [-0.1, -0.05) is 24.3 Å². The maximum atomic E-state index is 12.8. The van der Waals surface area contributed by atoms with Crippen LogP contribution in [0.4, 0.5) is 10.5 Å². The largest absolute Gasteiger partial charge is 0.465 e. The predicted octanol–water partition coefficient (Wildman–Crippen LogP) is 3.11. The average molecular weight is 458 g/mol. The van der Waals surface area contributed by atoms with Gasteiger partial charge in [-0.25, -0.2) is 13.2 Å². The van der Waals surface area contributed by atoms with Gasteiger partial charge in [0.1, 0.15) is 0 Å². The summed E-state index contributed by atoms with van der Waals surface area (Å²) in [6.45, 7) is 1.36. The van der Waals surface area contributed by atoms with E-state index < -0.39 is 16.1 Å². The summed E-state index contributed by atoms with van der Waals surface area (Å²) >= 11 is 0. The molecule has 0 aromatic heterocycles. The minimum Gasteiger partial charge on any atom is -0.465 e. The molecule has 0 spiro atoms. The first-order chi connectivity index (χ1) is 15.2. The van der Waals surface area contributed by atoms with E-state index in [2.05, 4.69) is 0 Å². The summed E-state index contributed by atoms with van der Waals surface area (Å²) < 4.78 is 26.3. The number of piperazine rings is 1. The molecule has 170 valence electrons.